The maximum Gasteiger partial charge on any atom is 0.211 e. The number of aryl methyl sites for hydroxylation is 1. The van der Waals surface area contributed by atoms with Gasteiger partial charge in [-0.15, -0.1) is 0 Å². The molecular formula is C13H13BrN2O2. The van der Waals surface area contributed by atoms with Crippen molar-refractivity contribution in [2.45, 2.75) is 6.42 Å². The molecule has 0 N–H and O–H groups in total. The van der Waals surface area contributed by atoms with Gasteiger partial charge >= 0.3 is 0 Å². The highest BCUT2D eigenvalue weighted by Gasteiger charge is 2.13. The van der Waals surface area contributed by atoms with E-state index in [0.717, 1.165) is 10.0 Å². The van der Waals surface area contributed by atoms with E-state index < -0.39 is 0 Å². The second-order valence-electron chi connectivity index (χ2n) is 3.93. The van der Waals surface area contributed by atoms with Crippen LogP contribution in [0.4, 0.5) is 0 Å². The lowest BCUT2D eigenvalue weighted by Gasteiger charge is -1.99. The summed E-state index contributed by atoms with van der Waals surface area (Å²) >= 11 is 3.38. The lowest BCUT2D eigenvalue weighted by Crippen LogP contribution is -2.05. The van der Waals surface area contributed by atoms with E-state index in [-0.39, 0.29) is 5.78 Å². The van der Waals surface area contributed by atoms with E-state index in [4.69, 9.17) is 4.74 Å². The highest BCUT2D eigenvalue weighted by atomic mass is 79.9. The number of Topliss-reactive ketones (excluding diaryl/α,β-unsaturated/α-hetero) is 1. The smallest absolute Gasteiger partial charge is 0.211 e. The first kappa shape index (κ1) is 12.8. The minimum Gasteiger partial charge on any atom is -0.481 e. The number of carbonyl (C=O) groups is 1. The molecule has 18 heavy (non-hydrogen) atoms. The Labute approximate surface area is 114 Å². The SMILES string of the molecule is COc1cc(C(=O)Cc2cccc(Br)c2)nn1C. The summed E-state index contributed by atoms with van der Waals surface area (Å²) in [6, 6.07) is 9.34. The van der Waals surface area contributed by atoms with Crippen molar-refractivity contribution in [3.05, 3.63) is 46.1 Å². The number of halogens is 1. The minimum atomic E-state index is -0.0213. The third kappa shape index (κ3) is 2.79. The Balaban J connectivity index is 2.16. The molecule has 1 aromatic heterocycles. The van der Waals surface area contributed by atoms with Crippen LogP contribution in [0, 0.1) is 0 Å². The summed E-state index contributed by atoms with van der Waals surface area (Å²) in [5.41, 5.74) is 1.38. The third-order valence-corrected chi connectivity index (χ3v) is 3.08. The number of rotatable bonds is 4. The van der Waals surface area contributed by atoms with E-state index >= 15 is 0 Å². The zero-order valence-electron chi connectivity index (χ0n) is 10.2. The van der Waals surface area contributed by atoms with Gasteiger partial charge in [0.1, 0.15) is 5.69 Å². The summed E-state index contributed by atoms with van der Waals surface area (Å²) in [5, 5.41) is 4.13. The number of hydrogen-bond donors (Lipinski definition) is 0. The fourth-order valence-electron chi connectivity index (χ4n) is 1.70. The van der Waals surface area contributed by atoms with E-state index in [0.29, 0.717) is 18.0 Å². The van der Waals surface area contributed by atoms with Crippen molar-refractivity contribution in [1.82, 2.24) is 9.78 Å². The number of carbonyl (C=O) groups excluding carboxylic acids is 1. The topological polar surface area (TPSA) is 44.1 Å². The van der Waals surface area contributed by atoms with Crippen LogP contribution in [-0.2, 0) is 13.5 Å². The van der Waals surface area contributed by atoms with Crippen LogP contribution in [0.1, 0.15) is 16.1 Å². The van der Waals surface area contributed by atoms with Crippen molar-refractivity contribution < 1.29 is 9.53 Å². The van der Waals surface area contributed by atoms with Crippen molar-refractivity contribution in [3.63, 3.8) is 0 Å². The molecule has 5 heteroatoms. The number of ketones is 1. The Morgan fingerprint density at radius 2 is 2.22 bits per heavy atom. The average molecular weight is 309 g/mol. The molecule has 2 aromatic rings. The van der Waals surface area contributed by atoms with E-state index in [1.807, 2.05) is 24.3 Å². The van der Waals surface area contributed by atoms with Gasteiger partial charge in [-0.1, -0.05) is 28.1 Å². The van der Waals surface area contributed by atoms with Gasteiger partial charge in [0.25, 0.3) is 0 Å². The van der Waals surface area contributed by atoms with Crippen LogP contribution in [0.15, 0.2) is 34.8 Å². The molecule has 0 saturated carbocycles. The molecule has 0 unspecified atom stereocenters. The van der Waals surface area contributed by atoms with Crippen molar-refractivity contribution in [2.75, 3.05) is 7.11 Å². The first-order chi connectivity index (χ1) is 8.60. The predicted octanol–water partition coefficient (Wildman–Crippen LogP) is 2.62. The van der Waals surface area contributed by atoms with E-state index in [2.05, 4.69) is 21.0 Å². The molecule has 94 valence electrons. The predicted molar refractivity (Wildman–Crippen MR) is 71.9 cm³/mol. The number of methoxy groups -OCH3 is 1. The maximum atomic E-state index is 12.1. The van der Waals surface area contributed by atoms with Gasteiger partial charge < -0.3 is 4.74 Å². The molecule has 0 aliphatic heterocycles. The van der Waals surface area contributed by atoms with Gasteiger partial charge in [0, 0.05) is 24.0 Å². The number of aromatic nitrogens is 2. The van der Waals surface area contributed by atoms with Crippen molar-refractivity contribution in [3.8, 4) is 5.88 Å². The molecule has 1 heterocycles. The van der Waals surface area contributed by atoms with Gasteiger partial charge in [-0.25, -0.2) is 4.68 Å². The molecule has 0 atom stereocenters. The zero-order chi connectivity index (χ0) is 13.1. The summed E-state index contributed by atoms with van der Waals surface area (Å²) < 4.78 is 7.60. The monoisotopic (exact) mass is 308 g/mol. The van der Waals surface area contributed by atoms with E-state index in [1.165, 1.54) is 0 Å². The number of ether oxygens (including phenoxy) is 1. The van der Waals surface area contributed by atoms with Crippen LogP contribution in [0.25, 0.3) is 0 Å². The summed E-state index contributed by atoms with van der Waals surface area (Å²) in [6.45, 7) is 0. The van der Waals surface area contributed by atoms with Crippen LogP contribution in [0.3, 0.4) is 0 Å². The van der Waals surface area contributed by atoms with Gasteiger partial charge in [0.05, 0.1) is 7.11 Å². The van der Waals surface area contributed by atoms with Crippen LogP contribution < -0.4 is 4.74 Å². The molecule has 0 fully saturated rings. The lowest BCUT2D eigenvalue weighted by atomic mass is 10.1. The molecule has 0 spiro atoms. The number of hydrogen-bond acceptors (Lipinski definition) is 3. The largest absolute Gasteiger partial charge is 0.481 e. The molecule has 0 aliphatic rings. The first-order valence-corrected chi connectivity index (χ1v) is 6.25. The molecule has 0 aliphatic carbocycles. The zero-order valence-corrected chi connectivity index (χ0v) is 11.8. The van der Waals surface area contributed by atoms with E-state index in [9.17, 15) is 4.79 Å². The summed E-state index contributed by atoms with van der Waals surface area (Å²) in [6.07, 6.45) is 0.333. The normalized spacial score (nSPS) is 10.4. The van der Waals surface area contributed by atoms with Gasteiger partial charge in [-0.3, -0.25) is 4.79 Å². The Morgan fingerprint density at radius 1 is 1.44 bits per heavy atom. The second kappa shape index (κ2) is 5.35. The highest BCUT2D eigenvalue weighted by Crippen LogP contribution is 2.16. The Bertz CT molecular complexity index is 578. The van der Waals surface area contributed by atoms with Gasteiger partial charge in [-0.2, -0.15) is 5.10 Å². The minimum absolute atomic E-state index is 0.0213. The summed E-state index contributed by atoms with van der Waals surface area (Å²) in [4.78, 5) is 12.1. The van der Waals surface area contributed by atoms with Crippen molar-refractivity contribution >= 4 is 21.7 Å². The summed E-state index contributed by atoms with van der Waals surface area (Å²) in [5.74, 6) is 0.555. The Kier molecular flexibility index (Phi) is 3.81. The first-order valence-electron chi connectivity index (χ1n) is 5.46. The number of nitrogens with zero attached hydrogens (tertiary/aromatic N) is 2. The average Bonchev–Trinajstić information content (AvgIpc) is 2.70. The summed E-state index contributed by atoms with van der Waals surface area (Å²) in [7, 11) is 3.30. The molecular weight excluding hydrogens is 296 g/mol. The fourth-order valence-corrected chi connectivity index (χ4v) is 2.15. The second-order valence-corrected chi connectivity index (χ2v) is 4.84. The molecule has 0 saturated heterocycles. The molecule has 0 radical (unpaired) electrons. The molecule has 0 bridgehead atoms. The van der Waals surface area contributed by atoms with E-state index in [1.54, 1.807) is 24.9 Å². The lowest BCUT2D eigenvalue weighted by molar-refractivity contribution is 0.0987. The number of benzene rings is 1. The van der Waals surface area contributed by atoms with Crippen molar-refractivity contribution in [1.29, 1.82) is 0 Å². The van der Waals surface area contributed by atoms with Crippen LogP contribution >= 0.6 is 15.9 Å². The fraction of sp³-hybridized carbons (Fsp3) is 0.231. The third-order valence-electron chi connectivity index (χ3n) is 2.59. The van der Waals surface area contributed by atoms with Crippen LogP contribution in [0.5, 0.6) is 5.88 Å². The Morgan fingerprint density at radius 3 is 2.83 bits per heavy atom. The van der Waals surface area contributed by atoms with Gasteiger partial charge in [-0.05, 0) is 17.7 Å². The quantitative estimate of drug-likeness (QED) is 0.816. The molecule has 4 nitrogen and oxygen atoms in total. The van der Waals surface area contributed by atoms with Gasteiger partial charge in [0.2, 0.25) is 5.88 Å². The Hall–Kier alpha value is -1.62. The van der Waals surface area contributed by atoms with Gasteiger partial charge in [0.15, 0.2) is 5.78 Å². The van der Waals surface area contributed by atoms with Crippen LogP contribution in [0.2, 0.25) is 0 Å². The maximum absolute atomic E-state index is 12.1. The highest BCUT2D eigenvalue weighted by molar-refractivity contribution is 9.10. The van der Waals surface area contributed by atoms with Crippen molar-refractivity contribution in [2.24, 2.45) is 7.05 Å². The van der Waals surface area contributed by atoms with Crippen LogP contribution in [-0.4, -0.2) is 22.7 Å². The molecule has 1 aromatic carbocycles. The molecule has 0 amide bonds. The molecule has 2 rings (SSSR count). The standard InChI is InChI=1S/C13H13BrN2O2/c1-16-13(18-2)8-11(15-16)12(17)7-9-4-3-5-10(14)6-9/h3-6,8H,7H2,1-2H3.